The first-order valence-electron chi connectivity index (χ1n) is 7.95. The number of aromatic nitrogens is 2. The van der Waals surface area contributed by atoms with E-state index in [1.807, 2.05) is 47.1 Å². The van der Waals surface area contributed by atoms with Crippen LogP contribution in [0.25, 0.3) is 16.9 Å². The maximum atomic E-state index is 5.50. The lowest BCUT2D eigenvalue weighted by atomic mass is 10.1. The molecule has 24 heavy (non-hydrogen) atoms. The fourth-order valence-electron chi connectivity index (χ4n) is 3.16. The molecule has 0 aliphatic carbocycles. The number of hydrogen-bond acceptors (Lipinski definition) is 4. The van der Waals surface area contributed by atoms with E-state index in [1.165, 1.54) is 5.56 Å². The summed E-state index contributed by atoms with van der Waals surface area (Å²) < 4.78 is 12.8. The smallest absolute Gasteiger partial charge is 0.144 e. The highest BCUT2D eigenvalue weighted by molar-refractivity contribution is 5.74. The van der Waals surface area contributed by atoms with Gasteiger partial charge in [-0.3, -0.25) is 0 Å². The van der Waals surface area contributed by atoms with E-state index in [0.29, 0.717) is 0 Å². The molecule has 1 aliphatic rings. The van der Waals surface area contributed by atoms with E-state index in [4.69, 9.17) is 14.6 Å². The van der Waals surface area contributed by atoms with Gasteiger partial charge in [0.15, 0.2) is 0 Å². The number of benzene rings is 2. The van der Waals surface area contributed by atoms with Gasteiger partial charge in [0.25, 0.3) is 0 Å². The Kier molecular flexibility index (Phi) is 3.61. The molecular formula is C19H19N3O2. The van der Waals surface area contributed by atoms with Crippen molar-refractivity contribution >= 4 is 5.82 Å². The molecule has 0 saturated heterocycles. The molecule has 1 N–H and O–H groups in total. The first-order valence-corrected chi connectivity index (χ1v) is 7.95. The summed E-state index contributed by atoms with van der Waals surface area (Å²) in [7, 11) is 3.36. The molecule has 5 heteroatoms. The third-order valence-electron chi connectivity index (χ3n) is 4.31. The van der Waals surface area contributed by atoms with Gasteiger partial charge in [0.2, 0.25) is 0 Å². The number of ether oxygens (including phenoxy) is 2. The molecule has 0 atom stereocenters. The minimum Gasteiger partial charge on any atom is -0.497 e. The lowest BCUT2D eigenvalue weighted by molar-refractivity contribution is 0.412. The van der Waals surface area contributed by atoms with Crippen LogP contribution in [0.2, 0.25) is 0 Å². The van der Waals surface area contributed by atoms with Crippen molar-refractivity contribution in [3.05, 3.63) is 54.1 Å². The summed E-state index contributed by atoms with van der Waals surface area (Å²) in [6.45, 7) is 0.916. The molecule has 0 bridgehead atoms. The number of methoxy groups -OCH3 is 2. The molecule has 4 rings (SSSR count). The minimum absolute atomic E-state index is 0.800. The molecule has 0 amide bonds. The van der Waals surface area contributed by atoms with Crippen LogP contribution in [-0.4, -0.2) is 30.5 Å². The first kappa shape index (κ1) is 14.6. The largest absolute Gasteiger partial charge is 0.497 e. The Balaban J connectivity index is 1.89. The van der Waals surface area contributed by atoms with Crippen molar-refractivity contribution in [3.8, 4) is 28.4 Å². The molecule has 0 spiro atoms. The molecule has 0 fully saturated rings. The van der Waals surface area contributed by atoms with E-state index >= 15 is 0 Å². The molecule has 0 unspecified atom stereocenters. The molecule has 1 aromatic heterocycles. The predicted molar refractivity (Wildman–Crippen MR) is 94.3 cm³/mol. The molecule has 0 saturated carbocycles. The number of para-hydroxylation sites is 2. The monoisotopic (exact) mass is 321 g/mol. The van der Waals surface area contributed by atoms with Gasteiger partial charge in [0.05, 0.1) is 19.9 Å². The third-order valence-corrected chi connectivity index (χ3v) is 4.31. The predicted octanol–water partition coefficient (Wildman–Crippen LogP) is 3.52. The van der Waals surface area contributed by atoms with Gasteiger partial charge >= 0.3 is 0 Å². The van der Waals surface area contributed by atoms with E-state index in [0.717, 1.165) is 47.2 Å². The second-order valence-corrected chi connectivity index (χ2v) is 5.67. The summed E-state index contributed by atoms with van der Waals surface area (Å²) in [5, 5.41) is 8.33. The van der Waals surface area contributed by atoms with Crippen molar-refractivity contribution in [1.29, 1.82) is 0 Å². The fraction of sp³-hybridized carbons (Fsp3) is 0.211. The van der Waals surface area contributed by atoms with Crippen LogP contribution < -0.4 is 14.8 Å². The highest BCUT2D eigenvalue weighted by Gasteiger charge is 2.25. The lowest BCUT2D eigenvalue weighted by Crippen LogP contribution is -2.05. The Bertz CT molecular complexity index is 886. The topological polar surface area (TPSA) is 48.3 Å². The number of nitrogens with zero attached hydrogens (tertiary/aromatic N) is 2. The van der Waals surface area contributed by atoms with E-state index in [-0.39, 0.29) is 0 Å². The standard InChI is InChI=1S/C19H19N3O2/c1-23-14-7-5-6-13(12-14)18-15-10-11-20-19(15)22(21-18)16-8-3-4-9-17(16)24-2/h3-9,12,20H,10-11H2,1-2H3. The summed E-state index contributed by atoms with van der Waals surface area (Å²) in [5.74, 6) is 2.67. The molecule has 2 aromatic carbocycles. The van der Waals surface area contributed by atoms with Crippen molar-refractivity contribution in [2.45, 2.75) is 6.42 Å². The minimum atomic E-state index is 0.800. The highest BCUT2D eigenvalue weighted by atomic mass is 16.5. The Morgan fingerprint density at radius 2 is 1.92 bits per heavy atom. The second-order valence-electron chi connectivity index (χ2n) is 5.67. The maximum absolute atomic E-state index is 5.50. The molecule has 3 aromatic rings. The van der Waals surface area contributed by atoms with Crippen molar-refractivity contribution in [3.63, 3.8) is 0 Å². The summed E-state index contributed by atoms with van der Waals surface area (Å²) in [4.78, 5) is 0. The van der Waals surface area contributed by atoms with Crippen molar-refractivity contribution in [1.82, 2.24) is 9.78 Å². The van der Waals surface area contributed by atoms with Gasteiger partial charge in [0.1, 0.15) is 23.0 Å². The molecular weight excluding hydrogens is 302 g/mol. The van der Waals surface area contributed by atoms with Crippen molar-refractivity contribution in [2.75, 3.05) is 26.1 Å². The number of anilines is 1. The van der Waals surface area contributed by atoms with Gasteiger partial charge < -0.3 is 14.8 Å². The number of rotatable bonds is 4. The Morgan fingerprint density at radius 3 is 2.75 bits per heavy atom. The van der Waals surface area contributed by atoms with E-state index in [2.05, 4.69) is 11.4 Å². The average molecular weight is 321 g/mol. The zero-order valence-electron chi connectivity index (χ0n) is 13.7. The molecule has 0 radical (unpaired) electrons. The van der Waals surface area contributed by atoms with Crippen LogP contribution in [0.1, 0.15) is 5.56 Å². The Labute approximate surface area is 140 Å². The molecule has 5 nitrogen and oxygen atoms in total. The van der Waals surface area contributed by atoms with Crippen LogP contribution in [0, 0.1) is 0 Å². The average Bonchev–Trinajstić information content (AvgIpc) is 3.24. The summed E-state index contributed by atoms with van der Waals surface area (Å²) in [6, 6.07) is 15.9. The van der Waals surface area contributed by atoms with Gasteiger partial charge in [0, 0.05) is 17.7 Å². The van der Waals surface area contributed by atoms with Gasteiger partial charge in [-0.25, -0.2) is 4.68 Å². The molecule has 122 valence electrons. The van der Waals surface area contributed by atoms with Gasteiger partial charge in [-0.2, -0.15) is 5.10 Å². The quantitative estimate of drug-likeness (QED) is 0.799. The fourth-order valence-corrected chi connectivity index (χ4v) is 3.16. The lowest BCUT2D eigenvalue weighted by Gasteiger charge is -2.10. The highest BCUT2D eigenvalue weighted by Crippen LogP contribution is 2.37. The van der Waals surface area contributed by atoms with Gasteiger partial charge in [-0.15, -0.1) is 0 Å². The van der Waals surface area contributed by atoms with Gasteiger partial charge in [-0.1, -0.05) is 24.3 Å². The second kappa shape index (κ2) is 5.92. The maximum Gasteiger partial charge on any atom is 0.144 e. The van der Waals surface area contributed by atoms with Crippen LogP contribution in [0.5, 0.6) is 11.5 Å². The zero-order valence-corrected chi connectivity index (χ0v) is 13.7. The Hall–Kier alpha value is -2.95. The zero-order chi connectivity index (χ0) is 16.5. The van der Waals surface area contributed by atoms with Gasteiger partial charge in [-0.05, 0) is 30.7 Å². The van der Waals surface area contributed by atoms with Crippen LogP contribution in [0.4, 0.5) is 5.82 Å². The Morgan fingerprint density at radius 1 is 1.04 bits per heavy atom. The summed E-state index contributed by atoms with van der Waals surface area (Å²) in [5.41, 5.74) is 4.21. The third kappa shape index (κ3) is 2.29. The molecule has 1 aliphatic heterocycles. The number of hydrogen-bond donors (Lipinski definition) is 1. The first-order chi connectivity index (χ1) is 11.8. The van der Waals surface area contributed by atoms with Crippen LogP contribution in [-0.2, 0) is 6.42 Å². The van der Waals surface area contributed by atoms with Crippen LogP contribution >= 0.6 is 0 Å². The SMILES string of the molecule is COc1cccc(-c2nn(-c3ccccc3OC)c3c2CCN3)c1. The van der Waals surface area contributed by atoms with Crippen molar-refractivity contribution in [2.24, 2.45) is 0 Å². The van der Waals surface area contributed by atoms with E-state index in [9.17, 15) is 0 Å². The van der Waals surface area contributed by atoms with Crippen molar-refractivity contribution < 1.29 is 9.47 Å². The number of nitrogens with one attached hydrogen (secondary N) is 1. The van der Waals surface area contributed by atoms with E-state index < -0.39 is 0 Å². The number of fused-ring (bicyclic) bond motifs is 1. The molecule has 2 heterocycles. The summed E-state index contributed by atoms with van der Waals surface area (Å²) in [6.07, 6.45) is 0.955. The normalized spacial score (nSPS) is 12.6. The van der Waals surface area contributed by atoms with E-state index in [1.54, 1.807) is 14.2 Å². The summed E-state index contributed by atoms with van der Waals surface area (Å²) >= 11 is 0. The van der Waals surface area contributed by atoms with Crippen LogP contribution in [0.15, 0.2) is 48.5 Å². The van der Waals surface area contributed by atoms with Crippen LogP contribution in [0.3, 0.4) is 0 Å².